The highest BCUT2D eigenvalue weighted by molar-refractivity contribution is 5.85. The number of halogens is 3. The largest absolute Gasteiger partial charge is 0.480 e. The average molecular weight is 317 g/mol. The van der Waals surface area contributed by atoms with Crippen LogP contribution in [0.2, 0.25) is 0 Å². The first-order valence-corrected chi connectivity index (χ1v) is 6.55. The van der Waals surface area contributed by atoms with Crippen molar-refractivity contribution in [2.75, 3.05) is 19.8 Å². The summed E-state index contributed by atoms with van der Waals surface area (Å²) in [6.07, 6.45) is -4.58. The van der Waals surface area contributed by atoms with E-state index in [9.17, 15) is 22.8 Å². The molecule has 1 fully saturated rings. The van der Waals surface area contributed by atoms with Gasteiger partial charge in [0.05, 0.1) is 25.2 Å². The number of carboxylic acid groups (broad SMARTS) is 1. The summed E-state index contributed by atoms with van der Waals surface area (Å²) in [5, 5.41) is 9.05. The fourth-order valence-corrected chi connectivity index (χ4v) is 2.19. The number of hydrogen-bond donors (Lipinski definition) is 1. The summed E-state index contributed by atoms with van der Waals surface area (Å²) in [6.45, 7) is 0.299. The molecule has 0 radical (unpaired) electrons. The lowest BCUT2D eigenvalue weighted by Crippen LogP contribution is -2.53. The molecule has 0 aliphatic carbocycles. The summed E-state index contributed by atoms with van der Waals surface area (Å²) >= 11 is 0. The molecule has 5 nitrogen and oxygen atoms in total. The number of benzene rings is 1. The van der Waals surface area contributed by atoms with Gasteiger partial charge in [-0.3, -0.25) is 4.79 Å². The van der Waals surface area contributed by atoms with Crippen molar-refractivity contribution in [1.82, 2.24) is 4.90 Å². The molecular formula is C14H14F3NO4. The SMILES string of the molecule is O=C(O)[C@@H]1COCCN1C(=O)Cc1ccc(C(F)(F)F)cc1. The number of amides is 1. The van der Waals surface area contributed by atoms with Crippen molar-refractivity contribution in [3.63, 3.8) is 0 Å². The number of ether oxygens (including phenoxy) is 1. The van der Waals surface area contributed by atoms with E-state index in [0.717, 1.165) is 12.1 Å². The first-order chi connectivity index (χ1) is 10.3. The molecule has 0 spiro atoms. The number of hydrogen-bond acceptors (Lipinski definition) is 3. The molecule has 8 heteroatoms. The molecule has 1 aromatic rings. The smallest absolute Gasteiger partial charge is 0.416 e. The topological polar surface area (TPSA) is 66.8 Å². The molecule has 1 aliphatic rings. The molecule has 2 rings (SSSR count). The predicted molar refractivity (Wildman–Crippen MR) is 69.1 cm³/mol. The van der Waals surface area contributed by atoms with Gasteiger partial charge < -0.3 is 14.7 Å². The van der Waals surface area contributed by atoms with Crippen LogP contribution in [0.5, 0.6) is 0 Å². The molecule has 120 valence electrons. The van der Waals surface area contributed by atoms with Crippen molar-refractivity contribution in [2.24, 2.45) is 0 Å². The molecule has 1 N–H and O–H groups in total. The number of carbonyl (C=O) groups excluding carboxylic acids is 1. The first-order valence-electron chi connectivity index (χ1n) is 6.55. The highest BCUT2D eigenvalue weighted by Gasteiger charge is 2.33. The van der Waals surface area contributed by atoms with E-state index in [-0.39, 0.29) is 26.2 Å². The number of carboxylic acids is 1. The minimum absolute atomic E-state index is 0.0892. The van der Waals surface area contributed by atoms with E-state index in [2.05, 4.69) is 0 Å². The van der Waals surface area contributed by atoms with Gasteiger partial charge in [0.1, 0.15) is 0 Å². The van der Waals surface area contributed by atoms with Gasteiger partial charge in [-0.05, 0) is 17.7 Å². The van der Waals surface area contributed by atoms with Crippen LogP contribution < -0.4 is 0 Å². The summed E-state index contributed by atoms with van der Waals surface area (Å²) in [5.74, 6) is -1.61. The lowest BCUT2D eigenvalue weighted by atomic mass is 10.1. The van der Waals surface area contributed by atoms with E-state index >= 15 is 0 Å². The molecule has 22 heavy (non-hydrogen) atoms. The van der Waals surface area contributed by atoms with Gasteiger partial charge in [-0.1, -0.05) is 12.1 Å². The normalized spacial score (nSPS) is 19.0. The molecule has 1 saturated heterocycles. The van der Waals surface area contributed by atoms with Crippen molar-refractivity contribution in [1.29, 1.82) is 0 Å². The molecule has 1 heterocycles. The summed E-state index contributed by atoms with van der Waals surface area (Å²) in [4.78, 5) is 24.4. The Bertz CT molecular complexity index is 556. The number of nitrogens with zero attached hydrogens (tertiary/aromatic N) is 1. The second-order valence-electron chi connectivity index (χ2n) is 4.89. The zero-order chi connectivity index (χ0) is 16.3. The molecule has 1 amide bonds. The highest BCUT2D eigenvalue weighted by Crippen LogP contribution is 2.29. The van der Waals surface area contributed by atoms with Crippen LogP contribution in [0.25, 0.3) is 0 Å². The minimum Gasteiger partial charge on any atom is -0.480 e. The van der Waals surface area contributed by atoms with E-state index in [1.807, 2.05) is 0 Å². The van der Waals surface area contributed by atoms with E-state index in [1.165, 1.54) is 17.0 Å². The Morgan fingerprint density at radius 1 is 1.27 bits per heavy atom. The van der Waals surface area contributed by atoms with Crippen molar-refractivity contribution >= 4 is 11.9 Å². The Hall–Kier alpha value is -2.09. The molecule has 1 atom stereocenters. The van der Waals surface area contributed by atoms with Gasteiger partial charge >= 0.3 is 12.1 Å². The van der Waals surface area contributed by atoms with E-state index in [4.69, 9.17) is 9.84 Å². The Morgan fingerprint density at radius 3 is 2.45 bits per heavy atom. The van der Waals surface area contributed by atoms with E-state index < -0.39 is 29.7 Å². The van der Waals surface area contributed by atoms with Crippen LogP contribution in [0.1, 0.15) is 11.1 Å². The number of alkyl halides is 3. The van der Waals surface area contributed by atoms with Crippen LogP contribution in [0.3, 0.4) is 0 Å². The molecule has 0 bridgehead atoms. The Balaban J connectivity index is 2.06. The maximum absolute atomic E-state index is 12.5. The lowest BCUT2D eigenvalue weighted by Gasteiger charge is -2.32. The zero-order valence-corrected chi connectivity index (χ0v) is 11.5. The van der Waals surface area contributed by atoms with Crippen molar-refractivity contribution < 1.29 is 32.6 Å². The maximum Gasteiger partial charge on any atom is 0.416 e. The second-order valence-corrected chi connectivity index (χ2v) is 4.89. The first kappa shape index (κ1) is 16.3. The second kappa shape index (κ2) is 6.35. The number of carbonyl (C=O) groups is 2. The van der Waals surface area contributed by atoms with Gasteiger partial charge in [0.2, 0.25) is 5.91 Å². The standard InChI is InChI=1S/C14H14F3NO4/c15-14(16,17)10-3-1-9(2-4-10)7-12(19)18-5-6-22-8-11(18)13(20)21/h1-4,11H,5-8H2,(H,20,21)/t11-/m0/s1. The van der Waals surface area contributed by atoms with Crippen LogP contribution in [0, 0.1) is 0 Å². The van der Waals surface area contributed by atoms with Gasteiger partial charge in [-0.2, -0.15) is 13.2 Å². The highest BCUT2D eigenvalue weighted by atomic mass is 19.4. The predicted octanol–water partition coefficient (Wildman–Crippen LogP) is 1.56. The van der Waals surface area contributed by atoms with Crippen LogP contribution in [0.15, 0.2) is 24.3 Å². The molecule has 1 aromatic carbocycles. The molecule has 0 aromatic heterocycles. The third kappa shape index (κ3) is 3.76. The van der Waals surface area contributed by atoms with Crippen LogP contribution >= 0.6 is 0 Å². The van der Waals surface area contributed by atoms with Crippen molar-refractivity contribution in [3.05, 3.63) is 35.4 Å². The third-order valence-corrected chi connectivity index (χ3v) is 3.37. The Morgan fingerprint density at radius 2 is 1.91 bits per heavy atom. The average Bonchev–Trinajstić information content (AvgIpc) is 2.46. The van der Waals surface area contributed by atoms with Crippen molar-refractivity contribution in [3.8, 4) is 0 Å². The fraction of sp³-hybridized carbons (Fsp3) is 0.429. The van der Waals surface area contributed by atoms with Gasteiger partial charge in [-0.25, -0.2) is 4.79 Å². The summed E-state index contributed by atoms with van der Waals surface area (Å²) in [6, 6.07) is 3.18. The van der Waals surface area contributed by atoms with Crippen LogP contribution in [-0.4, -0.2) is 47.7 Å². The van der Waals surface area contributed by atoms with E-state index in [1.54, 1.807) is 0 Å². The number of morpholine rings is 1. The van der Waals surface area contributed by atoms with E-state index in [0.29, 0.717) is 5.56 Å². The Kier molecular flexibility index (Phi) is 4.70. The van der Waals surface area contributed by atoms with Gasteiger partial charge in [0.15, 0.2) is 6.04 Å². The zero-order valence-electron chi connectivity index (χ0n) is 11.5. The lowest BCUT2D eigenvalue weighted by molar-refractivity contribution is -0.158. The molecule has 1 aliphatic heterocycles. The molecular weight excluding hydrogens is 303 g/mol. The van der Waals surface area contributed by atoms with Gasteiger partial charge in [-0.15, -0.1) is 0 Å². The van der Waals surface area contributed by atoms with Crippen molar-refractivity contribution in [2.45, 2.75) is 18.6 Å². The number of aliphatic carboxylic acids is 1. The summed E-state index contributed by atoms with van der Waals surface area (Å²) in [5.41, 5.74) is -0.396. The number of rotatable bonds is 3. The van der Waals surface area contributed by atoms with Gasteiger partial charge in [0.25, 0.3) is 0 Å². The molecule has 0 unspecified atom stereocenters. The van der Waals surface area contributed by atoms with Crippen LogP contribution in [-0.2, 0) is 26.9 Å². The summed E-state index contributed by atoms with van der Waals surface area (Å²) < 4.78 is 42.4. The quantitative estimate of drug-likeness (QED) is 0.919. The van der Waals surface area contributed by atoms with Gasteiger partial charge in [0, 0.05) is 6.54 Å². The molecule has 0 saturated carbocycles. The monoisotopic (exact) mass is 317 g/mol. The van der Waals surface area contributed by atoms with Crippen LogP contribution in [0.4, 0.5) is 13.2 Å². The third-order valence-electron chi connectivity index (χ3n) is 3.37. The summed E-state index contributed by atoms with van der Waals surface area (Å²) in [7, 11) is 0. The minimum atomic E-state index is -4.43. The Labute approximate surface area is 124 Å². The maximum atomic E-state index is 12.5. The fourth-order valence-electron chi connectivity index (χ4n) is 2.19.